The van der Waals surface area contributed by atoms with Gasteiger partial charge in [-0.3, -0.25) is 9.78 Å². The van der Waals surface area contributed by atoms with E-state index in [1.165, 1.54) is 16.9 Å². The maximum Gasteiger partial charge on any atom is 0.305 e. The average molecular weight is 572 g/mol. The topological polar surface area (TPSA) is 134 Å². The number of fused-ring (bicyclic) bond motifs is 3. The minimum Gasteiger partial charge on any atom is -0.481 e. The fourth-order valence-electron chi connectivity index (χ4n) is 5.55. The van der Waals surface area contributed by atoms with E-state index in [0.717, 1.165) is 69.6 Å². The van der Waals surface area contributed by atoms with Gasteiger partial charge < -0.3 is 15.3 Å². The first-order valence-corrected chi connectivity index (χ1v) is 14.1. The van der Waals surface area contributed by atoms with Crippen molar-refractivity contribution >= 4 is 12.0 Å². The number of aliphatic hydroxyl groups excluding tert-OH is 2. The van der Waals surface area contributed by atoms with Gasteiger partial charge in [-0.05, 0) is 70.8 Å². The second kappa shape index (κ2) is 12.3. The molecule has 2 aromatic heterocycles. The van der Waals surface area contributed by atoms with Crippen molar-refractivity contribution < 1.29 is 24.5 Å². The molecule has 2 heterocycles. The summed E-state index contributed by atoms with van der Waals surface area (Å²) in [6.45, 7) is 4.10. The van der Waals surface area contributed by atoms with Gasteiger partial charge in [-0.1, -0.05) is 50.3 Å². The minimum atomic E-state index is -1.17. The molecule has 0 aliphatic heterocycles. The molecule has 218 valence electrons. The molecule has 9 nitrogen and oxygen atoms in total. The molecular formula is C32H34FN5O4. The van der Waals surface area contributed by atoms with Crippen LogP contribution in [0.4, 0.5) is 4.39 Å². The van der Waals surface area contributed by atoms with E-state index in [9.17, 15) is 19.4 Å². The fourth-order valence-corrected chi connectivity index (χ4v) is 5.55. The van der Waals surface area contributed by atoms with E-state index < -0.39 is 24.6 Å². The van der Waals surface area contributed by atoms with Crippen LogP contribution in [0.2, 0.25) is 0 Å². The van der Waals surface area contributed by atoms with Crippen LogP contribution in [-0.2, 0) is 24.7 Å². The summed E-state index contributed by atoms with van der Waals surface area (Å²) in [5, 5.41) is 42.1. The van der Waals surface area contributed by atoms with Crippen molar-refractivity contribution in [3.05, 3.63) is 76.7 Å². The first-order chi connectivity index (χ1) is 20.1. The number of aromatic nitrogens is 5. The molecule has 0 bridgehead atoms. The van der Waals surface area contributed by atoms with E-state index in [0.29, 0.717) is 5.82 Å². The molecule has 1 aliphatic carbocycles. The highest BCUT2D eigenvalue weighted by molar-refractivity contribution is 5.86. The van der Waals surface area contributed by atoms with Crippen LogP contribution in [0.3, 0.4) is 0 Å². The minimum absolute atomic E-state index is 0.0126. The highest BCUT2D eigenvalue weighted by Gasteiger charge is 2.26. The largest absolute Gasteiger partial charge is 0.481 e. The van der Waals surface area contributed by atoms with Gasteiger partial charge in [-0.25, -0.2) is 4.39 Å². The summed E-state index contributed by atoms with van der Waals surface area (Å²) < 4.78 is 14.0. The number of hydrogen-bond acceptors (Lipinski definition) is 7. The summed E-state index contributed by atoms with van der Waals surface area (Å²) >= 11 is 0. The predicted octanol–water partition coefficient (Wildman–Crippen LogP) is 4.96. The van der Waals surface area contributed by atoms with E-state index in [1.807, 2.05) is 19.9 Å². The van der Waals surface area contributed by atoms with Crippen molar-refractivity contribution in [2.45, 2.75) is 64.1 Å². The highest BCUT2D eigenvalue weighted by Crippen LogP contribution is 2.42. The summed E-state index contributed by atoms with van der Waals surface area (Å²) in [7, 11) is 1.73. The third kappa shape index (κ3) is 6.29. The zero-order chi connectivity index (χ0) is 30.0. The van der Waals surface area contributed by atoms with Crippen LogP contribution in [0.15, 0.2) is 48.5 Å². The second-order valence-electron chi connectivity index (χ2n) is 11.0. The van der Waals surface area contributed by atoms with E-state index in [-0.39, 0.29) is 18.2 Å². The van der Waals surface area contributed by atoms with E-state index in [4.69, 9.17) is 10.1 Å². The molecule has 0 unspecified atom stereocenters. The van der Waals surface area contributed by atoms with Gasteiger partial charge in [-0.2, -0.15) is 4.80 Å². The molecule has 4 aromatic rings. The molecule has 1 aliphatic rings. The zero-order valence-electron chi connectivity index (χ0n) is 23.8. The Morgan fingerprint density at radius 3 is 2.50 bits per heavy atom. The lowest BCUT2D eigenvalue weighted by Gasteiger charge is -2.22. The molecule has 42 heavy (non-hydrogen) atoms. The molecule has 2 atom stereocenters. The average Bonchev–Trinajstić information content (AvgIpc) is 3.29. The Kier molecular flexibility index (Phi) is 8.56. The van der Waals surface area contributed by atoms with Gasteiger partial charge in [0.2, 0.25) is 5.82 Å². The summed E-state index contributed by atoms with van der Waals surface area (Å²) in [4.78, 5) is 17.6. The van der Waals surface area contributed by atoms with Crippen LogP contribution in [0, 0.1) is 5.82 Å². The lowest BCUT2D eigenvalue weighted by molar-refractivity contribution is -0.139. The van der Waals surface area contributed by atoms with Gasteiger partial charge in [0, 0.05) is 23.1 Å². The van der Waals surface area contributed by atoms with Gasteiger partial charge in [0.05, 0.1) is 37.1 Å². The van der Waals surface area contributed by atoms with Crippen molar-refractivity contribution in [1.29, 1.82) is 0 Å². The van der Waals surface area contributed by atoms with Crippen LogP contribution in [0.5, 0.6) is 0 Å². The summed E-state index contributed by atoms with van der Waals surface area (Å²) in [6, 6.07) is 12.5. The quantitative estimate of drug-likeness (QED) is 0.257. The fraction of sp³-hybridized carbons (Fsp3) is 0.344. The van der Waals surface area contributed by atoms with Crippen molar-refractivity contribution in [1.82, 2.24) is 25.2 Å². The molecule has 0 saturated heterocycles. The number of carboxylic acid groups (broad SMARTS) is 1. The molecular weight excluding hydrogens is 537 g/mol. The third-order valence-corrected chi connectivity index (χ3v) is 7.45. The molecule has 0 fully saturated rings. The number of halogens is 1. The van der Waals surface area contributed by atoms with Crippen LogP contribution < -0.4 is 0 Å². The summed E-state index contributed by atoms with van der Waals surface area (Å²) in [5.41, 5.74) is 8.33. The Bertz CT molecular complexity index is 1630. The van der Waals surface area contributed by atoms with Crippen LogP contribution in [0.25, 0.3) is 39.8 Å². The third-order valence-electron chi connectivity index (χ3n) is 7.45. The highest BCUT2D eigenvalue weighted by atomic mass is 19.1. The Balaban J connectivity index is 1.67. The Labute approximate surface area is 243 Å². The van der Waals surface area contributed by atoms with Gasteiger partial charge in [0.25, 0.3) is 0 Å². The number of aryl methyl sites for hydroxylation is 2. The predicted molar refractivity (Wildman–Crippen MR) is 157 cm³/mol. The number of nitrogens with zero attached hydrogens (tertiary/aromatic N) is 5. The van der Waals surface area contributed by atoms with Crippen LogP contribution >= 0.6 is 0 Å². The molecule has 2 aromatic carbocycles. The summed E-state index contributed by atoms with van der Waals surface area (Å²) in [6.07, 6.45) is 3.00. The van der Waals surface area contributed by atoms with Gasteiger partial charge in [0.15, 0.2) is 0 Å². The molecule has 0 saturated carbocycles. The van der Waals surface area contributed by atoms with Gasteiger partial charge >= 0.3 is 5.97 Å². The lowest BCUT2D eigenvalue weighted by atomic mass is 9.86. The number of carboxylic acids is 1. The number of rotatable bonds is 9. The maximum absolute atomic E-state index is 14.0. The lowest BCUT2D eigenvalue weighted by Crippen LogP contribution is -2.19. The molecule has 3 N–H and O–H groups in total. The normalized spacial score (nSPS) is 14.5. The second-order valence-corrected chi connectivity index (χ2v) is 11.0. The van der Waals surface area contributed by atoms with Gasteiger partial charge in [-0.15, -0.1) is 10.2 Å². The first-order valence-electron chi connectivity index (χ1n) is 14.1. The maximum atomic E-state index is 14.0. The number of carbonyl (C=O) groups is 1. The SMILES string of the molecule is CC(C)c1nc2c(c(-c3ccc(F)cc3)c1/C=C/[C@@H](O)C[C@@H](O)CC(=O)O)CCCc1cc(-c3nnn(C)n3)ccc1-2. The number of aliphatic hydroxyl groups is 2. The number of aliphatic carboxylic acids is 1. The van der Waals surface area contributed by atoms with E-state index in [2.05, 4.69) is 27.5 Å². The van der Waals surface area contributed by atoms with Crippen LogP contribution in [0.1, 0.15) is 61.4 Å². The number of benzene rings is 2. The monoisotopic (exact) mass is 571 g/mol. The Morgan fingerprint density at radius 2 is 1.83 bits per heavy atom. The smallest absolute Gasteiger partial charge is 0.305 e. The summed E-state index contributed by atoms with van der Waals surface area (Å²) in [5.74, 6) is -0.896. The molecule has 0 spiro atoms. The standard InChI is InChI=1S/C32H34FN5O4/c1-18(2)30-27(14-12-23(39)16-24(40)17-28(41)42)29(19-7-10-22(33)11-8-19)26-6-4-5-20-15-21(32-35-37-38(3)36-32)9-13-25(20)31(26)34-30/h7-15,18,23-24,39-40H,4-6,16-17H2,1-3H3,(H,41,42)/b14-12+/t23-,24-/m1/s1. The Hall–Kier alpha value is -4.28. The van der Waals surface area contributed by atoms with Crippen LogP contribution in [-0.4, -0.2) is 58.7 Å². The van der Waals surface area contributed by atoms with E-state index >= 15 is 0 Å². The van der Waals surface area contributed by atoms with Gasteiger partial charge in [0.1, 0.15) is 5.82 Å². The Morgan fingerprint density at radius 1 is 1.10 bits per heavy atom. The van der Waals surface area contributed by atoms with Crippen molar-refractivity contribution in [3.8, 4) is 33.8 Å². The molecule has 10 heteroatoms. The number of tetrazole rings is 1. The number of hydrogen-bond donors (Lipinski definition) is 3. The molecule has 5 rings (SSSR count). The first kappa shape index (κ1) is 29.2. The van der Waals surface area contributed by atoms with Crippen molar-refractivity contribution in [2.75, 3.05) is 0 Å². The van der Waals surface area contributed by atoms with Crippen molar-refractivity contribution in [2.24, 2.45) is 7.05 Å². The molecule has 0 radical (unpaired) electrons. The van der Waals surface area contributed by atoms with E-state index in [1.54, 1.807) is 31.3 Å². The van der Waals surface area contributed by atoms with Crippen molar-refractivity contribution in [3.63, 3.8) is 0 Å². The molecule has 0 amide bonds. The number of pyridine rings is 1. The zero-order valence-corrected chi connectivity index (χ0v) is 23.8.